The van der Waals surface area contributed by atoms with Crippen molar-refractivity contribution < 1.29 is 13.9 Å². The lowest BCUT2D eigenvalue weighted by Gasteiger charge is -2.11. The molecule has 2 aromatic rings. The molecule has 0 radical (unpaired) electrons. The lowest BCUT2D eigenvalue weighted by atomic mass is 10.1. The fourth-order valence-corrected chi connectivity index (χ4v) is 1.80. The molecule has 0 amide bonds. The Hall–Kier alpha value is -2.03. The molecule has 94 valence electrons. The van der Waals surface area contributed by atoms with Crippen LogP contribution in [0.3, 0.4) is 0 Å². The third-order valence-electron chi connectivity index (χ3n) is 2.92. The van der Waals surface area contributed by atoms with Gasteiger partial charge in [-0.3, -0.25) is 4.79 Å². The van der Waals surface area contributed by atoms with Crippen LogP contribution in [-0.2, 0) is 0 Å². The molecule has 0 fully saturated rings. The first-order valence-corrected chi connectivity index (χ1v) is 5.85. The molecule has 3 nitrogen and oxygen atoms in total. The summed E-state index contributed by atoms with van der Waals surface area (Å²) >= 11 is 0. The molecule has 0 aliphatic heterocycles. The Kier molecular flexibility index (Phi) is 3.51. The topological polar surface area (TPSA) is 39.4 Å². The van der Waals surface area contributed by atoms with Crippen LogP contribution < -0.4 is 4.74 Å². The molecule has 0 spiro atoms. The molecule has 1 aromatic carbocycles. The van der Waals surface area contributed by atoms with Gasteiger partial charge in [-0.1, -0.05) is 6.07 Å². The summed E-state index contributed by atoms with van der Waals surface area (Å²) in [7, 11) is 0. The molecule has 1 aromatic heterocycles. The van der Waals surface area contributed by atoms with E-state index in [1.54, 1.807) is 12.1 Å². The van der Waals surface area contributed by atoms with Crippen LogP contribution in [0.25, 0.3) is 0 Å². The lowest BCUT2D eigenvalue weighted by molar-refractivity contribution is 0.0893. The minimum absolute atomic E-state index is 0.00273. The maximum Gasteiger partial charge on any atom is 0.235 e. The van der Waals surface area contributed by atoms with Crippen LogP contribution in [0.2, 0.25) is 0 Å². The number of hydrogen-bond acceptors (Lipinski definition) is 3. The standard InChI is InChI=1S/C15H16O3/c1-10-7-11(2)12(3)15(8-10)18-9-13(16)14-5-4-6-17-14/h4-8H,9H2,1-3H3. The van der Waals surface area contributed by atoms with E-state index in [2.05, 4.69) is 6.07 Å². The summed E-state index contributed by atoms with van der Waals surface area (Å²) in [6.07, 6.45) is 1.48. The fourth-order valence-electron chi connectivity index (χ4n) is 1.80. The van der Waals surface area contributed by atoms with E-state index in [1.165, 1.54) is 6.26 Å². The average Bonchev–Trinajstić information content (AvgIpc) is 2.85. The van der Waals surface area contributed by atoms with Gasteiger partial charge < -0.3 is 9.15 Å². The monoisotopic (exact) mass is 244 g/mol. The summed E-state index contributed by atoms with van der Waals surface area (Å²) in [5.41, 5.74) is 3.35. The predicted octanol–water partition coefficient (Wildman–Crippen LogP) is 3.47. The van der Waals surface area contributed by atoms with Gasteiger partial charge in [-0.15, -0.1) is 0 Å². The van der Waals surface area contributed by atoms with Crippen molar-refractivity contribution in [2.45, 2.75) is 20.8 Å². The molecule has 0 saturated heterocycles. The fraction of sp³-hybridized carbons (Fsp3) is 0.267. The largest absolute Gasteiger partial charge is 0.485 e. The highest BCUT2D eigenvalue weighted by molar-refractivity contribution is 5.94. The first-order chi connectivity index (χ1) is 8.58. The van der Waals surface area contributed by atoms with Gasteiger partial charge in [-0.05, 0) is 55.7 Å². The molecule has 18 heavy (non-hydrogen) atoms. The summed E-state index contributed by atoms with van der Waals surface area (Å²) < 4.78 is 10.6. The first kappa shape index (κ1) is 12.4. The molecule has 1 heterocycles. The third-order valence-corrected chi connectivity index (χ3v) is 2.92. The zero-order chi connectivity index (χ0) is 13.1. The van der Waals surface area contributed by atoms with Crippen LogP contribution in [0.4, 0.5) is 0 Å². The Bertz CT molecular complexity index is 553. The molecule has 3 heteroatoms. The summed E-state index contributed by atoms with van der Waals surface area (Å²) in [4.78, 5) is 11.7. The Balaban J connectivity index is 2.09. The van der Waals surface area contributed by atoms with Crippen LogP contribution in [0, 0.1) is 20.8 Å². The van der Waals surface area contributed by atoms with Crippen molar-refractivity contribution in [3.63, 3.8) is 0 Å². The number of benzene rings is 1. The van der Waals surface area contributed by atoms with Crippen molar-refractivity contribution in [1.29, 1.82) is 0 Å². The number of hydrogen-bond donors (Lipinski definition) is 0. The molecule has 0 saturated carbocycles. The number of carbonyl (C=O) groups is 1. The molecule has 0 aliphatic carbocycles. The second-order valence-corrected chi connectivity index (χ2v) is 4.39. The van der Waals surface area contributed by atoms with Gasteiger partial charge in [0.25, 0.3) is 0 Å². The zero-order valence-electron chi connectivity index (χ0n) is 10.8. The third kappa shape index (κ3) is 2.62. The van der Waals surface area contributed by atoms with E-state index in [0.717, 1.165) is 22.4 Å². The van der Waals surface area contributed by atoms with Gasteiger partial charge in [0, 0.05) is 0 Å². The van der Waals surface area contributed by atoms with Crippen molar-refractivity contribution in [2.75, 3.05) is 6.61 Å². The summed E-state index contributed by atoms with van der Waals surface area (Å²) in [6, 6.07) is 7.36. The normalized spacial score (nSPS) is 10.4. The number of ether oxygens (including phenoxy) is 1. The quantitative estimate of drug-likeness (QED) is 0.773. The summed E-state index contributed by atoms with van der Waals surface area (Å²) in [5.74, 6) is 0.933. The molecule has 0 bridgehead atoms. The minimum Gasteiger partial charge on any atom is -0.485 e. The lowest BCUT2D eigenvalue weighted by Crippen LogP contribution is -2.11. The molecule has 2 rings (SSSR count). The second-order valence-electron chi connectivity index (χ2n) is 4.39. The van der Waals surface area contributed by atoms with Crippen molar-refractivity contribution in [3.8, 4) is 5.75 Å². The number of ketones is 1. The van der Waals surface area contributed by atoms with E-state index in [-0.39, 0.29) is 12.4 Å². The van der Waals surface area contributed by atoms with Crippen LogP contribution in [-0.4, -0.2) is 12.4 Å². The maximum atomic E-state index is 11.7. The maximum absolute atomic E-state index is 11.7. The van der Waals surface area contributed by atoms with E-state index < -0.39 is 0 Å². The number of furan rings is 1. The van der Waals surface area contributed by atoms with Crippen molar-refractivity contribution in [2.24, 2.45) is 0 Å². The van der Waals surface area contributed by atoms with E-state index in [9.17, 15) is 4.79 Å². The number of aryl methyl sites for hydroxylation is 2. The molecule has 0 unspecified atom stereocenters. The number of Topliss-reactive ketones (excluding diaryl/α,β-unsaturated/α-hetero) is 1. The van der Waals surface area contributed by atoms with E-state index in [0.29, 0.717) is 5.76 Å². The van der Waals surface area contributed by atoms with Gasteiger partial charge in [-0.25, -0.2) is 0 Å². The molecular formula is C15H16O3. The van der Waals surface area contributed by atoms with Crippen molar-refractivity contribution in [3.05, 3.63) is 53.0 Å². The second kappa shape index (κ2) is 5.08. The van der Waals surface area contributed by atoms with Gasteiger partial charge in [0.05, 0.1) is 6.26 Å². The van der Waals surface area contributed by atoms with E-state index in [4.69, 9.17) is 9.15 Å². The van der Waals surface area contributed by atoms with Crippen molar-refractivity contribution >= 4 is 5.78 Å². The highest BCUT2D eigenvalue weighted by atomic mass is 16.5. The SMILES string of the molecule is Cc1cc(C)c(C)c(OCC(=O)c2ccco2)c1. The highest BCUT2D eigenvalue weighted by Gasteiger charge is 2.11. The summed E-state index contributed by atoms with van der Waals surface area (Å²) in [5, 5.41) is 0. The molecule has 0 aliphatic rings. The van der Waals surface area contributed by atoms with Crippen LogP contribution in [0.5, 0.6) is 5.75 Å². The molecule has 0 N–H and O–H groups in total. The number of rotatable bonds is 4. The van der Waals surface area contributed by atoms with E-state index in [1.807, 2.05) is 26.8 Å². The summed E-state index contributed by atoms with van der Waals surface area (Å²) in [6.45, 7) is 6.02. The van der Waals surface area contributed by atoms with Gasteiger partial charge >= 0.3 is 0 Å². The smallest absolute Gasteiger partial charge is 0.235 e. The Morgan fingerprint density at radius 3 is 2.72 bits per heavy atom. The van der Waals surface area contributed by atoms with Gasteiger partial charge in [0.2, 0.25) is 5.78 Å². The Morgan fingerprint density at radius 1 is 1.28 bits per heavy atom. The zero-order valence-corrected chi connectivity index (χ0v) is 10.8. The van der Waals surface area contributed by atoms with Gasteiger partial charge in [0.1, 0.15) is 5.75 Å². The van der Waals surface area contributed by atoms with Crippen LogP contribution in [0.15, 0.2) is 34.9 Å². The predicted molar refractivity (Wildman–Crippen MR) is 69.2 cm³/mol. The van der Waals surface area contributed by atoms with Crippen LogP contribution in [0.1, 0.15) is 27.2 Å². The van der Waals surface area contributed by atoms with Crippen LogP contribution >= 0.6 is 0 Å². The molecular weight excluding hydrogens is 228 g/mol. The van der Waals surface area contributed by atoms with Gasteiger partial charge in [0.15, 0.2) is 12.4 Å². The number of carbonyl (C=O) groups excluding carboxylic acids is 1. The van der Waals surface area contributed by atoms with E-state index >= 15 is 0 Å². The van der Waals surface area contributed by atoms with Gasteiger partial charge in [-0.2, -0.15) is 0 Å². The molecule has 0 atom stereocenters. The minimum atomic E-state index is -0.154. The van der Waals surface area contributed by atoms with Crippen molar-refractivity contribution in [1.82, 2.24) is 0 Å². The first-order valence-electron chi connectivity index (χ1n) is 5.85. The Morgan fingerprint density at radius 2 is 2.06 bits per heavy atom. The highest BCUT2D eigenvalue weighted by Crippen LogP contribution is 2.23. The Labute approximate surface area is 106 Å². The average molecular weight is 244 g/mol.